The summed E-state index contributed by atoms with van der Waals surface area (Å²) in [4.78, 5) is 14.8. The van der Waals surface area contributed by atoms with Crippen LogP contribution in [0.4, 0.5) is 0 Å². The SMILES string of the molecule is COc1ccc(OC)c(-c2cc(C(=O)N3CCC(c4nnc(C(C)C)o4)CC3)[nH]n2)c1. The number of carbonyl (C=O) groups is 1. The molecule has 0 bridgehead atoms. The van der Waals surface area contributed by atoms with Gasteiger partial charge in [-0.2, -0.15) is 5.10 Å². The number of benzene rings is 1. The van der Waals surface area contributed by atoms with Crippen molar-refractivity contribution in [1.82, 2.24) is 25.3 Å². The number of aromatic nitrogens is 4. The zero-order valence-corrected chi connectivity index (χ0v) is 18.2. The molecule has 1 aliphatic rings. The minimum atomic E-state index is -0.0764. The van der Waals surface area contributed by atoms with Crippen LogP contribution in [-0.4, -0.2) is 58.5 Å². The zero-order chi connectivity index (χ0) is 22.0. The number of hydrogen-bond acceptors (Lipinski definition) is 7. The maximum Gasteiger partial charge on any atom is 0.271 e. The number of nitrogens with zero attached hydrogens (tertiary/aromatic N) is 4. The van der Waals surface area contributed by atoms with E-state index in [2.05, 4.69) is 20.4 Å². The van der Waals surface area contributed by atoms with Crippen molar-refractivity contribution in [2.45, 2.75) is 38.5 Å². The largest absolute Gasteiger partial charge is 0.497 e. The second kappa shape index (κ2) is 8.79. The van der Waals surface area contributed by atoms with Gasteiger partial charge in [-0.25, -0.2) is 0 Å². The highest BCUT2D eigenvalue weighted by Gasteiger charge is 2.29. The first kappa shape index (κ1) is 20.9. The summed E-state index contributed by atoms with van der Waals surface area (Å²) >= 11 is 0. The summed E-state index contributed by atoms with van der Waals surface area (Å²) in [6.07, 6.45) is 1.58. The first-order valence-electron chi connectivity index (χ1n) is 10.4. The lowest BCUT2D eigenvalue weighted by molar-refractivity contribution is 0.0700. The van der Waals surface area contributed by atoms with E-state index in [9.17, 15) is 4.79 Å². The van der Waals surface area contributed by atoms with Crippen molar-refractivity contribution in [3.63, 3.8) is 0 Å². The molecule has 0 spiro atoms. The van der Waals surface area contributed by atoms with Gasteiger partial charge in [-0.1, -0.05) is 13.8 Å². The maximum atomic E-state index is 13.0. The molecular formula is C22H27N5O4. The first-order chi connectivity index (χ1) is 15.0. The molecule has 0 saturated carbocycles. The fourth-order valence-electron chi connectivity index (χ4n) is 3.73. The fourth-order valence-corrected chi connectivity index (χ4v) is 3.73. The lowest BCUT2D eigenvalue weighted by Crippen LogP contribution is -2.38. The van der Waals surface area contributed by atoms with Crippen molar-refractivity contribution < 1.29 is 18.7 Å². The summed E-state index contributed by atoms with van der Waals surface area (Å²) in [5.74, 6) is 3.00. The van der Waals surface area contributed by atoms with Crippen molar-refractivity contribution >= 4 is 5.91 Å². The van der Waals surface area contributed by atoms with E-state index >= 15 is 0 Å². The van der Waals surface area contributed by atoms with Crippen LogP contribution >= 0.6 is 0 Å². The summed E-state index contributed by atoms with van der Waals surface area (Å²) in [5.41, 5.74) is 1.83. The molecular weight excluding hydrogens is 398 g/mol. The average molecular weight is 425 g/mol. The monoisotopic (exact) mass is 425 g/mol. The summed E-state index contributed by atoms with van der Waals surface area (Å²) in [6.45, 7) is 5.30. The van der Waals surface area contributed by atoms with Crippen LogP contribution in [0.1, 0.15) is 60.8 Å². The van der Waals surface area contributed by atoms with Gasteiger partial charge in [-0.3, -0.25) is 9.89 Å². The molecule has 2 aromatic heterocycles. The average Bonchev–Trinajstić information content (AvgIpc) is 3.48. The number of carbonyl (C=O) groups excluding carboxylic acids is 1. The molecule has 1 aromatic carbocycles. The highest BCUT2D eigenvalue weighted by Crippen LogP contribution is 2.33. The molecule has 0 aliphatic carbocycles. The lowest BCUT2D eigenvalue weighted by Gasteiger charge is -2.30. The van der Waals surface area contributed by atoms with Gasteiger partial charge in [0.1, 0.15) is 17.2 Å². The predicted molar refractivity (Wildman–Crippen MR) is 113 cm³/mol. The third-order valence-electron chi connectivity index (χ3n) is 5.57. The van der Waals surface area contributed by atoms with Gasteiger partial charge in [0.15, 0.2) is 0 Å². The van der Waals surface area contributed by atoms with Crippen LogP contribution in [0.3, 0.4) is 0 Å². The molecule has 1 amide bonds. The minimum Gasteiger partial charge on any atom is -0.497 e. The molecule has 9 heteroatoms. The van der Waals surface area contributed by atoms with Crippen molar-refractivity contribution in [1.29, 1.82) is 0 Å². The number of piperidine rings is 1. The van der Waals surface area contributed by atoms with E-state index in [1.807, 2.05) is 36.9 Å². The number of methoxy groups -OCH3 is 2. The van der Waals surface area contributed by atoms with Crippen molar-refractivity contribution in [2.24, 2.45) is 0 Å². The molecule has 0 radical (unpaired) electrons. The van der Waals surface area contributed by atoms with Crippen LogP contribution in [0.2, 0.25) is 0 Å². The Hall–Kier alpha value is -3.36. The zero-order valence-electron chi connectivity index (χ0n) is 18.2. The Kier molecular flexibility index (Phi) is 5.92. The molecule has 164 valence electrons. The standard InChI is InChI=1S/C22H27N5O4/c1-13(2)20-25-26-21(31-20)14-7-9-27(10-8-14)22(28)18-12-17(23-24-18)16-11-15(29-3)5-6-19(16)30-4/h5-6,11-14H,7-10H2,1-4H3,(H,23,24). The van der Waals surface area contributed by atoms with Crippen LogP contribution in [0.15, 0.2) is 28.7 Å². The molecule has 1 saturated heterocycles. The number of H-pyrrole nitrogens is 1. The van der Waals surface area contributed by atoms with E-state index in [4.69, 9.17) is 13.9 Å². The van der Waals surface area contributed by atoms with E-state index in [1.165, 1.54) is 0 Å². The molecule has 3 aromatic rings. The highest BCUT2D eigenvalue weighted by atomic mass is 16.5. The van der Waals surface area contributed by atoms with E-state index in [0.29, 0.717) is 47.8 Å². The fraction of sp³-hybridized carbons (Fsp3) is 0.455. The van der Waals surface area contributed by atoms with Gasteiger partial charge in [-0.15, -0.1) is 10.2 Å². The van der Waals surface area contributed by atoms with Crippen molar-refractivity contribution in [2.75, 3.05) is 27.3 Å². The summed E-state index contributed by atoms with van der Waals surface area (Å²) in [5, 5.41) is 15.5. The van der Waals surface area contributed by atoms with Crippen molar-refractivity contribution in [3.8, 4) is 22.8 Å². The lowest BCUT2D eigenvalue weighted by atomic mass is 9.96. The second-order valence-corrected chi connectivity index (χ2v) is 7.93. The third kappa shape index (κ3) is 4.26. The molecule has 31 heavy (non-hydrogen) atoms. The quantitative estimate of drug-likeness (QED) is 0.643. The maximum absolute atomic E-state index is 13.0. The van der Waals surface area contributed by atoms with Gasteiger partial charge in [0, 0.05) is 30.5 Å². The summed E-state index contributed by atoms with van der Waals surface area (Å²) in [6, 6.07) is 7.22. The van der Waals surface area contributed by atoms with Gasteiger partial charge in [0.05, 0.1) is 19.9 Å². The number of aromatic amines is 1. The minimum absolute atomic E-state index is 0.0764. The van der Waals surface area contributed by atoms with Crippen LogP contribution in [0.5, 0.6) is 11.5 Å². The molecule has 4 rings (SSSR count). The van der Waals surface area contributed by atoms with Crippen LogP contribution in [0.25, 0.3) is 11.3 Å². The van der Waals surface area contributed by atoms with Gasteiger partial charge in [0.2, 0.25) is 11.8 Å². The molecule has 1 aliphatic heterocycles. The Morgan fingerprint density at radius 3 is 2.58 bits per heavy atom. The van der Waals surface area contributed by atoms with E-state index in [0.717, 1.165) is 18.4 Å². The van der Waals surface area contributed by atoms with Gasteiger partial charge in [-0.05, 0) is 37.1 Å². The number of amides is 1. The number of nitrogens with one attached hydrogen (secondary N) is 1. The smallest absolute Gasteiger partial charge is 0.271 e. The highest BCUT2D eigenvalue weighted by molar-refractivity contribution is 5.93. The number of rotatable bonds is 6. The van der Waals surface area contributed by atoms with Crippen LogP contribution in [0, 0.1) is 0 Å². The molecule has 3 heterocycles. The Morgan fingerprint density at radius 1 is 1.16 bits per heavy atom. The third-order valence-corrected chi connectivity index (χ3v) is 5.57. The van der Waals surface area contributed by atoms with Gasteiger partial charge < -0.3 is 18.8 Å². The summed E-state index contributed by atoms with van der Waals surface area (Å²) in [7, 11) is 3.20. The second-order valence-electron chi connectivity index (χ2n) is 7.93. The first-order valence-corrected chi connectivity index (χ1v) is 10.4. The normalized spacial score (nSPS) is 14.8. The van der Waals surface area contributed by atoms with Gasteiger partial charge in [0.25, 0.3) is 5.91 Å². The van der Waals surface area contributed by atoms with Crippen LogP contribution in [-0.2, 0) is 0 Å². The van der Waals surface area contributed by atoms with E-state index in [-0.39, 0.29) is 17.7 Å². The van der Waals surface area contributed by atoms with Crippen LogP contribution < -0.4 is 9.47 Å². The Morgan fingerprint density at radius 2 is 1.94 bits per heavy atom. The molecule has 1 N–H and O–H groups in total. The number of hydrogen-bond donors (Lipinski definition) is 1. The number of likely N-dealkylation sites (tertiary alicyclic amines) is 1. The van der Waals surface area contributed by atoms with Gasteiger partial charge >= 0.3 is 0 Å². The summed E-state index contributed by atoms with van der Waals surface area (Å²) < 4.78 is 16.5. The Labute approximate surface area is 180 Å². The molecule has 1 fully saturated rings. The topological polar surface area (TPSA) is 106 Å². The van der Waals surface area contributed by atoms with E-state index < -0.39 is 0 Å². The molecule has 0 atom stereocenters. The molecule has 9 nitrogen and oxygen atoms in total. The predicted octanol–water partition coefficient (Wildman–Crippen LogP) is 3.62. The van der Waals surface area contributed by atoms with Crippen molar-refractivity contribution in [3.05, 3.63) is 41.7 Å². The number of ether oxygens (including phenoxy) is 2. The van der Waals surface area contributed by atoms with E-state index in [1.54, 1.807) is 20.3 Å². The molecule has 0 unspecified atom stereocenters. The Bertz CT molecular complexity index is 1050. The Balaban J connectivity index is 1.44.